The third kappa shape index (κ3) is 3.82. The molecule has 1 atom stereocenters. The van der Waals surface area contributed by atoms with Gasteiger partial charge in [0.1, 0.15) is 12.1 Å². The molecular formula is C22H29N3O5. The molecule has 2 heterocycles. The van der Waals surface area contributed by atoms with E-state index < -0.39 is 11.6 Å². The van der Waals surface area contributed by atoms with E-state index in [1.165, 1.54) is 0 Å². The molecule has 1 saturated heterocycles. The Balaban J connectivity index is 1.46. The summed E-state index contributed by atoms with van der Waals surface area (Å²) in [6.07, 6.45) is 3.92. The van der Waals surface area contributed by atoms with Gasteiger partial charge in [-0.15, -0.1) is 0 Å². The Morgan fingerprint density at radius 2 is 1.83 bits per heavy atom. The van der Waals surface area contributed by atoms with Gasteiger partial charge in [0.2, 0.25) is 5.91 Å². The molecule has 1 spiro atoms. The number of carbonyl (C=O) groups excluding carboxylic acids is 3. The standard InChI is InChI=1S/C22H29N3O5/c1-14(2)19(15-6-7-16-17(12-15)30-11-5-10-29-16)23-18(26)13-25-20(27)22(24-21(25)28)8-3-4-9-22/h6-7,12,14,19H,3-5,8-11,13H2,1-2H3,(H,23,26)(H,24,28)/t19-/m1/s1. The number of hydrogen-bond donors (Lipinski definition) is 2. The zero-order valence-electron chi connectivity index (χ0n) is 17.5. The fourth-order valence-electron chi connectivity index (χ4n) is 4.51. The van der Waals surface area contributed by atoms with Gasteiger partial charge in [0.05, 0.1) is 19.3 Å². The first-order valence-corrected chi connectivity index (χ1v) is 10.7. The summed E-state index contributed by atoms with van der Waals surface area (Å²) in [7, 11) is 0. The highest BCUT2D eigenvalue weighted by Gasteiger charge is 2.52. The van der Waals surface area contributed by atoms with Crippen LogP contribution in [0.5, 0.6) is 11.5 Å². The maximum absolute atomic E-state index is 12.8. The molecule has 1 aromatic rings. The Morgan fingerprint density at radius 3 is 2.53 bits per heavy atom. The van der Waals surface area contributed by atoms with Gasteiger partial charge in [0, 0.05) is 6.42 Å². The SMILES string of the molecule is CC(C)[C@@H](NC(=O)CN1C(=O)NC2(CCCC2)C1=O)c1ccc2c(c1)OCCCO2. The molecule has 1 aliphatic carbocycles. The molecule has 3 aliphatic rings. The number of hydrogen-bond acceptors (Lipinski definition) is 5. The zero-order chi connectivity index (χ0) is 21.3. The van der Waals surface area contributed by atoms with E-state index in [0.717, 1.165) is 29.7 Å². The molecule has 1 aromatic carbocycles. The molecule has 2 aliphatic heterocycles. The lowest BCUT2D eigenvalue weighted by atomic mass is 9.95. The fraction of sp³-hybridized carbons (Fsp3) is 0.591. The van der Waals surface area contributed by atoms with Crippen molar-refractivity contribution in [1.82, 2.24) is 15.5 Å². The van der Waals surface area contributed by atoms with E-state index in [-0.39, 0.29) is 30.3 Å². The quantitative estimate of drug-likeness (QED) is 0.721. The molecule has 8 heteroatoms. The third-order valence-corrected chi connectivity index (χ3v) is 6.12. The molecule has 0 unspecified atom stereocenters. The van der Waals surface area contributed by atoms with Gasteiger partial charge in [0.25, 0.3) is 5.91 Å². The summed E-state index contributed by atoms with van der Waals surface area (Å²) < 4.78 is 11.5. The number of fused-ring (bicyclic) bond motifs is 1. The predicted octanol–water partition coefficient (Wildman–Crippen LogP) is 2.53. The van der Waals surface area contributed by atoms with Crippen molar-refractivity contribution in [3.05, 3.63) is 23.8 Å². The number of amides is 4. The van der Waals surface area contributed by atoms with Gasteiger partial charge < -0.3 is 20.1 Å². The topological polar surface area (TPSA) is 97.0 Å². The number of benzene rings is 1. The second-order valence-corrected chi connectivity index (χ2v) is 8.66. The lowest BCUT2D eigenvalue weighted by Crippen LogP contribution is -2.46. The zero-order valence-corrected chi connectivity index (χ0v) is 17.5. The first kappa shape index (κ1) is 20.5. The highest BCUT2D eigenvalue weighted by Crippen LogP contribution is 2.36. The van der Waals surface area contributed by atoms with E-state index in [9.17, 15) is 14.4 Å². The lowest BCUT2D eigenvalue weighted by molar-refractivity contribution is -0.135. The van der Waals surface area contributed by atoms with E-state index in [2.05, 4.69) is 10.6 Å². The number of nitrogens with zero attached hydrogens (tertiary/aromatic N) is 1. The molecule has 30 heavy (non-hydrogen) atoms. The molecule has 0 bridgehead atoms. The van der Waals surface area contributed by atoms with Crippen molar-refractivity contribution in [3.63, 3.8) is 0 Å². The summed E-state index contributed by atoms with van der Waals surface area (Å²) in [6.45, 7) is 4.94. The normalized spacial score (nSPS) is 21.0. The summed E-state index contributed by atoms with van der Waals surface area (Å²) >= 11 is 0. The van der Waals surface area contributed by atoms with Gasteiger partial charge in [-0.25, -0.2) is 4.79 Å². The minimum Gasteiger partial charge on any atom is -0.490 e. The van der Waals surface area contributed by atoms with Gasteiger partial charge in [-0.2, -0.15) is 0 Å². The van der Waals surface area contributed by atoms with Gasteiger partial charge in [-0.05, 0) is 36.5 Å². The number of rotatable bonds is 5. The van der Waals surface area contributed by atoms with Crippen LogP contribution in [-0.2, 0) is 9.59 Å². The summed E-state index contributed by atoms with van der Waals surface area (Å²) in [5.74, 6) is 0.826. The average molecular weight is 415 g/mol. The monoisotopic (exact) mass is 415 g/mol. The van der Waals surface area contributed by atoms with Crippen LogP contribution in [0.4, 0.5) is 4.79 Å². The van der Waals surface area contributed by atoms with Gasteiger partial charge in [-0.3, -0.25) is 14.5 Å². The summed E-state index contributed by atoms with van der Waals surface area (Å²) in [5, 5.41) is 5.80. The Kier molecular flexibility index (Phi) is 5.58. The van der Waals surface area contributed by atoms with Crippen LogP contribution in [0.25, 0.3) is 0 Å². The molecule has 4 amide bonds. The van der Waals surface area contributed by atoms with Crippen LogP contribution in [0.15, 0.2) is 18.2 Å². The fourth-order valence-corrected chi connectivity index (χ4v) is 4.51. The molecule has 4 rings (SSSR count). The minimum atomic E-state index is -0.802. The molecule has 0 aromatic heterocycles. The maximum atomic E-state index is 12.8. The Morgan fingerprint density at radius 1 is 1.13 bits per heavy atom. The lowest BCUT2D eigenvalue weighted by Gasteiger charge is -2.25. The highest BCUT2D eigenvalue weighted by molar-refractivity contribution is 6.09. The van der Waals surface area contributed by atoms with Crippen molar-refractivity contribution in [3.8, 4) is 11.5 Å². The molecule has 162 valence electrons. The molecular weight excluding hydrogens is 386 g/mol. The minimum absolute atomic E-state index is 0.1000. The van der Waals surface area contributed by atoms with Crippen molar-refractivity contribution >= 4 is 17.8 Å². The number of nitrogens with one attached hydrogen (secondary N) is 2. The van der Waals surface area contributed by atoms with Crippen LogP contribution in [0.3, 0.4) is 0 Å². The molecule has 2 N–H and O–H groups in total. The Hall–Kier alpha value is -2.77. The number of carbonyl (C=O) groups is 3. The van der Waals surface area contributed by atoms with Crippen molar-refractivity contribution in [2.24, 2.45) is 5.92 Å². The van der Waals surface area contributed by atoms with Crippen LogP contribution in [0.2, 0.25) is 0 Å². The van der Waals surface area contributed by atoms with Crippen molar-refractivity contribution in [1.29, 1.82) is 0 Å². The number of ether oxygens (including phenoxy) is 2. The molecule has 0 radical (unpaired) electrons. The van der Waals surface area contributed by atoms with Crippen LogP contribution in [0.1, 0.15) is 57.6 Å². The summed E-state index contributed by atoms with van der Waals surface area (Å²) in [5.41, 5.74) is 0.0930. The second kappa shape index (κ2) is 8.16. The first-order chi connectivity index (χ1) is 14.4. The smallest absolute Gasteiger partial charge is 0.325 e. The highest BCUT2D eigenvalue weighted by atomic mass is 16.5. The van der Waals surface area contributed by atoms with Gasteiger partial charge >= 0.3 is 6.03 Å². The molecule has 1 saturated carbocycles. The van der Waals surface area contributed by atoms with Crippen LogP contribution < -0.4 is 20.1 Å². The van der Waals surface area contributed by atoms with Gasteiger partial charge in [-0.1, -0.05) is 32.8 Å². The van der Waals surface area contributed by atoms with E-state index >= 15 is 0 Å². The predicted molar refractivity (Wildman–Crippen MR) is 109 cm³/mol. The van der Waals surface area contributed by atoms with E-state index in [0.29, 0.717) is 37.6 Å². The summed E-state index contributed by atoms with van der Waals surface area (Å²) in [4.78, 5) is 39.0. The van der Waals surface area contributed by atoms with Crippen molar-refractivity contribution < 1.29 is 23.9 Å². The Labute approximate surface area is 176 Å². The summed E-state index contributed by atoms with van der Waals surface area (Å²) in [6, 6.07) is 4.91. The van der Waals surface area contributed by atoms with E-state index in [4.69, 9.17) is 9.47 Å². The maximum Gasteiger partial charge on any atom is 0.325 e. The Bertz CT molecular complexity index is 847. The van der Waals surface area contributed by atoms with Crippen LogP contribution >= 0.6 is 0 Å². The van der Waals surface area contributed by atoms with Crippen molar-refractivity contribution in [2.45, 2.75) is 57.5 Å². The molecule has 8 nitrogen and oxygen atoms in total. The van der Waals surface area contributed by atoms with Crippen LogP contribution in [0, 0.1) is 5.92 Å². The largest absolute Gasteiger partial charge is 0.490 e. The van der Waals surface area contributed by atoms with Crippen molar-refractivity contribution in [2.75, 3.05) is 19.8 Å². The third-order valence-electron chi connectivity index (χ3n) is 6.12. The van der Waals surface area contributed by atoms with Crippen LogP contribution in [-0.4, -0.2) is 48.0 Å². The van der Waals surface area contributed by atoms with E-state index in [1.807, 2.05) is 32.0 Å². The van der Waals surface area contributed by atoms with E-state index in [1.54, 1.807) is 0 Å². The number of imide groups is 1. The number of urea groups is 1. The van der Waals surface area contributed by atoms with Gasteiger partial charge in [0.15, 0.2) is 11.5 Å². The molecule has 2 fully saturated rings. The first-order valence-electron chi connectivity index (χ1n) is 10.7. The second-order valence-electron chi connectivity index (χ2n) is 8.66. The average Bonchev–Trinajstić information content (AvgIpc) is 3.17.